The third-order valence-corrected chi connectivity index (χ3v) is 4.11. The Morgan fingerprint density at radius 3 is 2.16 bits per heavy atom. The maximum atomic E-state index is 11.8. The number of urea groups is 1. The van der Waals surface area contributed by atoms with Gasteiger partial charge >= 0.3 is 6.03 Å². The quantitative estimate of drug-likeness (QED) is 0.556. The minimum atomic E-state index is 0.162. The number of amides is 2. The number of hydrogen-bond donors (Lipinski definition) is 1. The van der Waals surface area contributed by atoms with Crippen molar-refractivity contribution in [1.82, 2.24) is 10.2 Å². The third-order valence-electron chi connectivity index (χ3n) is 4.11. The molecule has 1 aliphatic heterocycles. The summed E-state index contributed by atoms with van der Waals surface area (Å²) < 4.78 is 0. The summed E-state index contributed by atoms with van der Waals surface area (Å²) >= 11 is 0. The highest BCUT2D eigenvalue weighted by Gasteiger charge is 2.26. The summed E-state index contributed by atoms with van der Waals surface area (Å²) in [5.74, 6) is 0. The van der Waals surface area contributed by atoms with Crippen LogP contribution >= 0.6 is 0 Å². The van der Waals surface area contributed by atoms with Gasteiger partial charge in [0.2, 0.25) is 0 Å². The molecule has 0 radical (unpaired) electrons. The van der Waals surface area contributed by atoms with Gasteiger partial charge in [0, 0.05) is 19.1 Å². The summed E-state index contributed by atoms with van der Waals surface area (Å²) in [4.78, 5) is 13.9. The Kier molecular flexibility index (Phi) is 8.68. The van der Waals surface area contributed by atoms with Crippen molar-refractivity contribution in [2.45, 2.75) is 84.1 Å². The van der Waals surface area contributed by atoms with Crippen LogP contribution in [0.25, 0.3) is 0 Å². The van der Waals surface area contributed by atoms with Crippen LogP contribution in [0.15, 0.2) is 0 Å². The standard InChI is InChI=1S/C16H32N2O/c1-3-5-7-8-10-12-15(11-9-6-4-2)18-14-13-17-16(18)19/h15H,3-14H2,1-2H3,(H,17,19). The minimum Gasteiger partial charge on any atom is -0.336 e. The average molecular weight is 268 g/mol. The van der Waals surface area contributed by atoms with E-state index in [1.165, 1.54) is 64.2 Å². The first-order valence-corrected chi connectivity index (χ1v) is 8.34. The molecule has 1 N–H and O–H groups in total. The molecule has 1 rings (SSSR count). The molecule has 0 aliphatic carbocycles. The van der Waals surface area contributed by atoms with Gasteiger partial charge in [-0.3, -0.25) is 0 Å². The number of rotatable bonds is 11. The summed E-state index contributed by atoms with van der Waals surface area (Å²) in [6.45, 7) is 6.23. The second-order valence-electron chi connectivity index (χ2n) is 5.78. The summed E-state index contributed by atoms with van der Waals surface area (Å²) in [6, 6.07) is 0.644. The van der Waals surface area contributed by atoms with Crippen LogP contribution in [0.1, 0.15) is 78.1 Å². The van der Waals surface area contributed by atoms with E-state index in [0.717, 1.165) is 13.1 Å². The van der Waals surface area contributed by atoms with Gasteiger partial charge in [0.15, 0.2) is 0 Å². The molecule has 0 saturated carbocycles. The van der Waals surface area contributed by atoms with Crippen molar-refractivity contribution in [2.24, 2.45) is 0 Å². The van der Waals surface area contributed by atoms with Crippen molar-refractivity contribution < 1.29 is 4.79 Å². The fourth-order valence-corrected chi connectivity index (χ4v) is 2.90. The van der Waals surface area contributed by atoms with Gasteiger partial charge in [0.05, 0.1) is 0 Å². The highest BCUT2D eigenvalue weighted by Crippen LogP contribution is 2.19. The largest absolute Gasteiger partial charge is 0.336 e. The van der Waals surface area contributed by atoms with E-state index in [1.807, 2.05) is 0 Å². The van der Waals surface area contributed by atoms with Crippen molar-refractivity contribution in [3.8, 4) is 0 Å². The second-order valence-corrected chi connectivity index (χ2v) is 5.78. The van der Waals surface area contributed by atoms with Crippen LogP contribution < -0.4 is 5.32 Å². The molecule has 0 bridgehead atoms. The van der Waals surface area contributed by atoms with Crippen molar-refractivity contribution in [3.63, 3.8) is 0 Å². The fourth-order valence-electron chi connectivity index (χ4n) is 2.90. The molecule has 0 aromatic carbocycles. The SMILES string of the molecule is CCCCCCCC(CCCCC)N1CCNC1=O. The molecule has 0 spiro atoms. The normalized spacial score (nSPS) is 16.7. The zero-order chi connectivity index (χ0) is 13.9. The molecule has 1 fully saturated rings. The molecule has 3 heteroatoms. The molecule has 112 valence electrons. The minimum absolute atomic E-state index is 0.162. The van der Waals surface area contributed by atoms with E-state index < -0.39 is 0 Å². The van der Waals surface area contributed by atoms with E-state index in [-0.39, 0.29) is 6.03 Å². The second kappa shape index (κ2) is 10.1. The third kappa shape index (κ3) is 6.31. The molecule has 0 aromatic heterocycles. The lowest BCUT2D eigenvalue weighted by molar-refractivity contribution is 0.187. The van der Waals surface area contributed by atoms with Gasteiger partial charge in [-0.15, -0.1) is 0 Å². The Labute approximate surface area is 119 Å². The highest BCUT2D eigenvalue weighted by molar-refractivity contribution is 5.76. The van der Waals surface area contributed by atoms with Crippen LogP contribution in [0, 0.1) is 0 Å². The number of hydrogen-bond acceptors (Lipinski definition) is 1. The fraction of sp³-hybridized carbons (Fsp3) is 0.938. The number of carbonyl (C=O) groups is 1. The molecule has 1 heterocycles. The topological polar surface area (TPSA) is 32.3 Å². The zero-order valence-electron chi connectivity index (χ0n) is 12.9. The van der Waals surface area contributed by atoms with Crippen molar-refractivity contribution >= 4 is 6.03 Å². The van der Waals surface area contributed by atoms with E-state index in [4.69, 9.17) is 0 Å². The Bertz CT molecular complexity index is 243. The zero-order valence-corrected chi connectivity index (χ0v) is 12.9. The van der Waals surface area contributed by atoms with Gasteiger partial charge in [-0.1, -0.05) is 65.2 Å². The highest BCUT2D eigenvalue weighted by atomic mass is 16.2. The number of unbranched alkanes of at least 4 members (excludes halogenated alkanes) is 6. The van der Waals surface area contributed by atoms with E-state index in [1.54, 1.807) is 0 Å². The van der Waals surface area contributed by atoms with Crippen LogP contribution in [0.4, 0.5) is 4.79 Å². The molecule has 1 aliphatic rings. The molecule has 19 heavy (non-hydrogen) atoms. The predicted octanol–water partition coefficient (Wildman–Crippen LogP) is 4.32. The maximum Gasteiger partial charge on any atom is 0.317 e. The number of nitrogens with one attached hydrogen (secondary N) is 1. The van der Waals surface area contributed by atoms with Crippen LogP contribution in [0.2, 0.25) is 0 Å². The van der Waals surface area contributed by atoms with Gasteiger partial charge in [-0.25, -0.2) is 4.79 Å². The van der Waals surface area contributed by atoms with E-state index in [0.29, 0.717) is 6.04 Å². The van der Waals surface area contributed by atoms with E-state index in [9.17, 15) is 4.79 Å². The summed E-state index contributed by atoms with van der Waals surface area (Å²) in [6.07, 6.45) is 12.8. The lowest BCUT2D eigenvalue weighted by atomic mass is 10.00. The van der Waals surface area contributed by atoms with Gasteiger partial charge < -0.3 is 10.2 Å². The summed E-state index contributed by atoms with van der Waals surface area (Å²) in [5.41, 5.74) is 0. The first-order valence-electron chi connectivity index (χ1n) is 8.34. The molecule has 1 saturated heterocycles. The van der Waals surface area contributed by atoms with Gasteiger partial charge in [0.1, 0.15) is 0 Å². The van der Waals surface area contributed by atoms with Gasteiger partial charge in [-0.05, 0) is 12.8 Å². The first-order chi connectivity index (χ1) is 9.29. The summed E-state index contributed by atoms with van der Waals surface area (Å²) in [7, 11) is 0. The Hall–Kier alpha value is -0.730. The smallest absolute Gasteiger partial charge is 0.317 e. The van der Waals surface area contributed by atoms with Crippen LogP contribution in [-0.4, -0.2) is 30.1 Å². The van der Waals surface area contributed by atoms with Crippen molar-refractivity contribution in [1.29, 1.82) is 0 Å². The van der Waals surface area contributed by atoms with Crippen LogP contribution in [0.5, 0.6) is 0 Å². The molecule has 1 atom stereocenters. The van der Waals surface area contributed by atoms with Gasteiger partial charge in [-0.2, -0.15) is 0 Å². The van der Waals surface area contributed by atoms with E-state index in [2.05, 4.69) is 24.1 Å². The molecular formula is C16H32N2O. The van der Waals surface area contributed by atoms with Crippen LogP contribution in [-0.2, 0) is 0 Å². The molecule has 3 nitrogen and oxygen atoms in total. The maximum absolute atomic E-state index is 11.8. The van der Waals surface area contributed by atoms with E-state index >= 15 is 0 Å². The predicted molar refractivity (Wildman–Crippen MR) is 81.4 cm³/mol. The van der Waals surface area contributed by atoms with Crippen LogP contribution in [0.3, 0.4) is 0 Å². The molecule has 2 amide bonds. The Morgan fingerprint density at radius 2 is 1.58 bits per heavy atom. The average Bonchev–Trinajstić information content (AvgIpc) is 2.83. The number of nitrogens with zero attached hydrogens (tertiary/aromatic N) is 1. The Balaban J connectivity index is 2.29. The lowest BCUT2D eigenvalue weighted by Crippen LogP contribution is -2.38. The summed E-state index contributed by atoms with van der Waals surface area (Å²) in [5, 5.41) is 2.94. The Morgan fingerprint density at radius 1 is 1.00 bits per heavy atom. The molecule has 1 unspecified atom stereocenters. The lowest BCUT2D eigenvalue weighted by Gasteiger charge is -2.27. The molecular weight excluding hydrogens is 236 g/mol. The molecule has 0 aromatic rings. The van der Waals surface area contributed by atoms with Crippen molar-refractivity contribution in [3.05, 3.63) is 0 Å². The first kappa shape index (κ1) is 16.3. The number of carbonyl (C=O) groups excluding carboxylic acids is 1. The van der Waals surface area contributed by atoms with Gasteiger partial charge in [0.25, 0.3) is 0 Å². The van der Waals surface area contributed by atoms with Crippen molar-refractivity contribution in [2.75, 3.05) is 13.1 Å². The monoisotopic (exact) mass is 268 g/mol.